The zero-order valence-corrected chi connectivity index (χ0v) is 16.3. The van der Waals surface area contributed by atoms with Crippen LogP contribution in [0.4, 0.5) is 5.82 Å². The Balaban J connectivity index is 1.72. The third-order valence-electron chi connectivity index (χ3n) is 4.75. The summed E-state index contributed by atoms with van der Waals surface area (Å²) in [5.41, 5.74) is 3.17. The second kappa shape index (κ2) is 8.97. The fourth-order valence-electron chi connectivity index (χ4n) is 3.43. The van der Waals surface area contributed by atoms with Gasteiger partial charge in [0.1, 0.15) is 11.9 Å². The van der Waals surface area contributed by atoms with Gasteiger partial charge in [0.15, 0.2) is 0 Å². The summed E-state index contributed by atoms with van der Waals surface area (Å²) in [6.45, 7) is 5.55. The van der Waals surface area contributed by atoms with Crippen molar-refractivity contribution in [1.82, 2.24) is 15.2 Å². The molecule has 0 saturated carbocycles. The van der Waals surface area contributed by atoms with E-state index in [0.29, 0.717) is 19.8 Å². The van der Waals surface area contributed by atoms with Crippen LogP contribution in [-0.2, 0) is 16.1 Å². The van der Waals surface area contributed by atoms with Crippen LogP contribution >= 0.6 is 0 Å². The number of amides is 1. The highest BCUT2D eigenvalue weighted by molar-refractivity contribution is 5.83. The molecule has 3 rings (SSSR count). The molecule has 1 aromatic heterocycles. The summed E-state index contributed by atoms with van der Waals surface area (Å²) in [6, 6.07) is 11.7. The quantitative estimate of drug-likeness (QED) is 0.847. The van der Waals surface area contributed by atoms with E-state index in [-0.39, 0.29) is 11.9 Å². The van der Waals surface area contributed by atoms with Crippen LogP contribution in [0.25, 0.3) is 0 Å². The summed E-state index contributed by atoms with van der Waals surface area (Å²) in [5, 5.41) is 3.10. The molecule has 6 heteroatoms. The number of likely N-dealkylation sites (N-methyl/N-ethyl adjacent to an activating group) is 1. The second-order valence-electron chi connectivity index (χ2n) is 7.08. The largest absolute Gasteiger partial charge is 0.378 e. The van der Waals surface area contributed by atoms with Crippen molar-refractivity contribution in [2.24, 2.45) is 0 Å². The predicted octanol–water partition coefficient (Wildman–Crippen LogP) is 2.15. The Kier molecular flexibility index (Phi) is 6.42. The standard InChI is InChI=1S/C21H28N4O2/c1-16-6-4-7-17(14-16)19(24(2)3)21(26)23-15-18-8-5-9-22-20(18)25-10-12-27-13-11-25/h4-9,14,19H,10-13,15H2,1-3H3,(H,23,26)/t19-/m1/s1. The molecule has 2 aromatic rings. The molecule has 1 atom stereocenters. The number of anilines is 1. The topological polar surface area (TPSA) is 57.7 Å². The van der Waals surface area contributed by atoms with Crippen molar-refractivity contribution in [2.45, 2.75) is 19.5 Å². The lowest BCUT2D eigenvalue weighted by atomic mass is 10.0. The van der Waals surface area contributed by atoms with Crippen LogP contribution in [0, 0.1) is 6.92 Å². The lowest BCUT2D eigenvalue weighted by Crippen LogP contribution is -2.39. The molecule has 0 bridgehead atoms. The summed E-state index contributed by atoms with van der Waals surface area (Å²) < 4.78 is 5.43. The number of hydrogen-bond donors (Lipinski definition) is 1. The maximum atomic E-state index is 13.0. The molecule has 1 aromatic carbocycles. The number of aryl methyl sites for hydroxylation is 1. The summed E-state index contributed by atoms with van der Waals surface area (Å²) >= 11 is 0. The third-order valence-corrected chi connectivity index (χ3v) is 4.75. The highest BCUT2D eigenvalue weighted by Gasteiger charge is 2.23. The van der Waals surface area contributed by atoms with E-state index in [9.17, 15) is 4.79 Å². The van der Waals surface area contributed by atoms with Gasteiger partial charge in [-0.15, -0.1) is 0 Å². The number of nitrogens with one attached hydrogen (secondary N) is 1. The molecule has 1 fully saturated rings. The summed E-state index contributed by atoms with van der Waals surface area (Å²) in [7, 11) is 3.85. The van der Waals surface area contributed by atoms with E-state index in [1.165, 1.54) is 0 Å². The maximum absolute atomic E-state index is 13.0. The van der Waals surface area contributed by atoms with Gasteiger partial charge in [0.25, 0.3) is 0 Å². The van der Waals surface area contributed by atoms with Gasteiger partial charge in [0, 0.05) is 31.4 Å². The number of aromatic nitrogens is 1. The van der Waals surface area contributed by atoms with Gasteiger partial charge in [-0.1, -0.05) is 35.9 Å². The van der Waals surface area contributed by atoms with E-state index < -0.39 is 0 Å². The van der Waals surface area contributed by atoms with Crippen molar-refractivity contribution in [3.8, 4) is 0 Å². The lowest BCUT2D eigenvalue weighted by molar-refractivity contribution is -0.125. The van der Waals surface area contributed by atoms with E-state index in [1.807, 2.05) is 56.3 Å². The van der Waals surface area contributed by atoms with Crippen LogP contribution in [0.2, 0.25) is 0 Å². The highest BCUT2D eigenvalue weighted by atomic mass is 16.5. The number of carbonyl (C=O) groups is 1. The van der Waals surface area contributed by atoms with Crippen molar-refractivity contribution in [1.29, 1.82) is 0 Å². The first-order chi connectivity index (χ1) is 13.1. The minimum absolute atomic E-state index is 0.0117. The van der Waals surface area contributed by atoms with Gasteiger partial charge in [-0.2, -0.15) is 0 Å². The Labute approximate surface area is 161 Å². The van der Waals surface area contributed by atoms with Gasteiger partial charge in [-0.3, -0.25) is 9.69 Å². The number of nitrogens with zero attached hydrogens (tertiary/aromatic N) is 3. The molecular weight excluding hydrogens is 340 g/mol. The van der Waals surface area contributed by atoms with Gasteiger partial charge in [0.05, 0.1) is 13.2 Å². The number of hydrogen-bond acceptors (Lipinski definition) is 5. The average molecular weight is 368 g/mol. The fraction of sp³-hybridized carbons (Fsp3) is 0.429. The van der Waals surface area contributed by atoms with Crippen molar-refractivity contribution >= 4 is 11.7 Å². The number of morpholine rings is 1. The van der Waals surface area contributed by atoms with Crippen LogP contribution in [0.15, 0.2) is 42.6 Å². The molecule has 27 heavy (non-hydrogen) atoms. The second-order valence-corrected chi connectivity index (χ2v) is 7.08. The number of rotatable bonds is 6. The fourth-order valence-corrected chi connectivity index (χ4v) is 3.43. The normalized spacial score (nSPS) is 15.6. The van der Waals surface area contributed by atoms with Crippen LogP contribution in [0.1, 0.15) is 22.7 Å². The van der Waals surface area contributed by atoms with Crippen LogP contribution in [0.3, 0.4) is 0 Å². The first-order valence-corrected chi connectivity index (χ1v) is 9.33. The van der Waals surface area contributed by atoms with Crippen LogP contribution in [0.5, 0.6) is 0 Å². The molecule has 0 spiro atoms. The molecule has 1 aliphatic heterocycles. The van der Waals surface area contributed by atoms with E-state index >= 15 is 0 Å². The Morgan fingerprint density at radius 2 is 2.04 bits per heavy atom. The molecule has 2 heterocycles. The predicted molar refractivity (Wildman–Crippen MR) is 107 cm³/mol. The molecule has 6 nitrogen and oxygen atoms in total. The summed E-state index contributed by atoms with van der Waals surface area (Å²) in [5.74, 6) is 0.917. The van der Waals surface area contributed by atoms with Crippen molar-refractivity contribution in [3.63, 3.8) is 0 Å². The van der Waals surface area contributed by atoms with Gasteiger partial charge in [0.2, 0.25) is 5.91 Å². The van der Waals surface area contributed by atoms with Crippen LogP contribution < -0.4 is 10.2 Å². The molecule has 1 saturated heterocycles. The van der Waals surface area contributed by atoms with Crippen molar-refractivity contribution in [2.75, 3.05) is 45.3 Å². The van der Waals surface area contributed by atoms with Gasteiger partial charge in [-0.25, -0.2) is 4.98 Å². The maximum Gasteiger partial charge on any atom is 0.242 e. The first kappa shape index (κ1) is 19.3. The zero-order valence-electron chi connectivity index (χ0n) is 16.3. The zero-order chi connectivity index (χ0) is 19.2. The van der Waals surface area contributed by atoms with E-state index in [1.54, 1.807) is 6.20 Å². The molecule has 1 amide bonds. The Morgan fingerprint density at radius 3 is 2.74 bits per heavy atom. The van der Waals surface area contributed by atoms with Gasteiger partial charge < -0.3 is 15.0 Å². The lowest BCUT2D eigenvalue weighted by Gasteiger charge is -2.29. The van der Waals surface area contributed by atoms with Crippen LogP contribution in [-0.4, -0.2) is 56.2 Å². The minimum Gasteiger partial charge on any atom is -0.378 e. The van der Waals surface area contributed by atoms with E-state index in [2.05, 4.69) is 21.3 Å². The van der Waals surface area contributed by atoms with Crippen molar-refractivity contribution < 1.29 is 9.53 Å². The molecule has 1 aliphatic rings. The number of pyridine rings is 1. The summed E-state index contributed by atoms with van der Waals surface area (Å²) in [6.07, 6.45) is 1.80. The minimum atomic E-state index is -0.326. The SMILES string of the molecule is Cc1cccc([C@H](C(=O)NCc2cccnc2N2CCOCC2)N(C)C)c1. The highest BCUT2D eigenvalue weighted by Crippen LogP contribution is 2.21. The Bertz CT molecular complexity index is 772. The number of carbonyl (C=O) groups excluding carboxylic acids is 1. The van der Waals surface area contributed by atoms with Gasteiger partial charge >= 0.3 is 0 Å². The molecule has 0 aliphatic carbocycles. The molecule has 0 radical (unpaired) electrons. The monoisotopic (exact) mass is 368 g/mol. The molecule has 0 unspecified atom stereocenters. The smallest absolute Gasteiger partial charge is 0.242 e. The number of ether oxygens (including phenoxy) is 1. The molecular formula is C21H28N4O2. The molecule has 144 valence electrons. The average Bonchev–Trinajstić information content (AvgIpc) is 2.67. The number of benzene rings is 1. The third kappa shape index (κ3) is 4.84. The first-order valence-electron chi connectivity index (χ1n) is 9.33. The van der Waals surface area contributed by atoms with Gasteiger partial charge in [-0.05, 0) is 32.6 Å². The summed E-state index contributed by atoms with van der Waals surface area (Å²) in [4.78, 5) is 21.6. The van der Waals surface area contributed by atoms with E-state index in [4.69, 9.17) is 4.74 Å². The Hall–Kier alpha value is -2.44. The van der Waals surface area contributed by atoms with E-state index in [0.717, 1.165) is 35.6 Å². The van der Waals surface area contributed by atoms with Crippen molar-refractivity contribution in [3.05, 3.63) is 59.3 Å². The molecule has 1 N–H and O–H groups in total. The Morgan fingerprint density at radius 1 is 1.26 bits per heavy atom.